The summed E-state index contributed by atoms with van der Waals surface area (Å²) in [6.07, 6.45) is 0. The van der Waals surface area contributed by atoms with E-state index in [-0.39, 0.29) is 63.9 Å². The minimum absolute atomic E-state index is 0.00142. The number of nitrogens with one attached hydrogen (secondary N) is 1. The second-order valence-electron chi connectivity index (χ2n) is 13.7. The summed E-state index contributed by atoms with van der Waals surface area (Å²) in [6.45, 7) is -0.657. The van der Waals surface area contributed by atoms with Crippen LogP contribution >= 0.6 is 0 Å². The maximum atomic E-state index is 13.2. The number of hydrogen-bond donors (Lipinski definition) is 8. The second-order valence-corrected chi connectivity index (χ2v) is 17.9. The summed E-state index contributed by atoms with van der Waals surface area (Å²) < 4.78 is 113. The lowest BCUT2D eigenvalue weighted by atomic mass is 10.1. The van der Waals surface area contributed by atoms with Crippen LogP contribution in [0.3, 0.4) is 0 Å². The third-order valence-electron chi connectivity index (χ3n) is 8.93. The lowest BCUT2D eigenvalue weighted by Gasteiger charge is -2.13. The quantitative estimate of drug-likeness (QED) is 0.0433. The number of nitrogens with zero attached hydrogens (tertiary/aromatic N) is 8. The van der Waals surface area contributed by atoms with Crippen LogP contribution < -0.4 is 19.8 Å². The minimum atomic E-state index is -5.24. The molecule has 30 heteroatoms. The Bertz CT molecular complexity index is 3330. The maximum absolute atomic E-state index is 13.2. The van der Waals surface area contributed by atoms with Crippen LogP contribution in [0.1, 0.15) is 6.92 Å². The largest absolute Gasteiger partial charge is 0.505 e. The summed E-state index contributed by atoms with van der Waals surface area (Å²) in [5, 5.41) is 70.1. The number of phenolic OH excluding ortho intramolecular Hbond substituents is 1. The molecule has 0 saturated carbocycles. The monoisotopic (exact) mass is 999 g/mol. The Labute approximate surface area is 382 Å². The molecular weight excluding hydrogens is 967 g/mol. The number of hydrogen-bond acceptors (Lipinski definition) is 21. The highest BCUT2D eigenvalue weighted by Gasteiger charge is 2.41. The third-order valence-corrected chi connectivity index (χ3v) is 11.5. The highest BCUT2D eigenvalue weighted by atomic mass is 32.2. The number of aromatic hydroxyl groups is 1. The number of aliphatic hydroxyl groups excluding tert-OH is 2. The van der Waals surface area contributed by atoms with E-state index in [1.807, 2.05) is 0 Å². The first-order valence-electron chi connectivity index (χ1n) is 18.8. The molecule has 0 radical (unpaired) electrons. The Morgan fingerprint density at radius 3 is 1.85 bits per heavy atom. The van der Waals surface area contributed by atoms with Crippen LogP contribution in [0.15, 0.2) is 129 Å². The SMILES string of the molecule is CC(=O)Nc1ccc(N=Nc2cc(OCCO)c(N=Nc3c(S(=O)(=O)O)cc4cc(N=NC5C(=O)N(c6ccc(S(=O)(=O)O)cc6)N=C5C(=O)O)ccc4c3O)cc2OCCO)c(S(=O)(=O)O)c1. The number of carbonyl (C=O) groups excluding carboxylic acids is 2. The number of ether oxygens (including phenoxy) is 2. The van der Waals surface area contributed by atoms with E-state index in [0.29, 0.717) is 5.01 Å². The molecule has 27 nitrogen and oxygen atoms in total. The van der Waals surface area contributed by atoms with Gasteiger partial charge in [0.1, 0.15) is 57.3 Å². The fourth-order valence-electron chi connectivity index (χ4n) is 6.00. The van der Waals surface area contributed by atoms with Gasteiger partial charge < -0.3 is 35.2 Å². The number of phenols is 1. The summed E-state index contributed by atoms with van der Waals surface area (Å²) in [6, 6.07) is 12.2. The van der Waals surface area contributed by atoms with Gasteiger partial charge in [-0.2, -0.15) is 45.6 Å². The van der Waals surface area contributed by atoms with Gasteiger partial charge in [-0.15, -0.1) is 20.5 Å². The number of fused-ring (bicyclic) bond motifs is 1. The predicted molar refractivity (Wildman–Crippen MR) is 233 cm³/mol. The number of aliphatic hydroxyl groups is 2. The number of rotatable bonds is 18. The van der Waals surface area contributed by atoms with Crippen molar-refractivity contribution in [1.82, 2.24) is 0 Å². The van der Waals surface area contributed by atoms with Crippen LogP contribution in [0.2, 0.25) is 0 Å². The minimum Gasteiger partial charge on any atom is -0.505 e. The van der Waals surface area contributed by atoms with E-state index in [0.717, 1.165) is 60.7 Å². The van der Waals surface area contributed by atoms with Gasteiger partial charge in [0, 0.05) is 30.1 Å². The molecule has 1 heterocycles. The van der Waals surface area contributed by atoms with Gasteiger partial charge in [-0.05, 0) is 72.1 Å². The van der Waals surface area contributed by atoms with Crippen molar-refractivity contribution >= 4 is 104 Å². The van der Waals surface area contributed by atoms with Crippen molar-refractivity contribution in [2.75, 3.05) is 36.8 Å². The molecular formula is C38H33N9O18S3. The Morgan fingerprint density at radius 2 is 1.31 bits per heavy atom. The summed E-state index contributed by atoms with van der Waals surface area (Å²) >= 11 is 0. The van der Waals surface area contributed by atoms with Crippen molar-refractivity contribution in [3.63, 3.8) is 0 Å². The van der Waals surface area contributed by atoms with Crippen molar-refractivity contribution in [2.24, 2.45) is 35.8 Å². The first-order chi connectivity index (χ1) is 32.0. The van der Waals surface area contributed by atoms with E-state index in [4.69, 9.17) is 9.47 Å². The van der Waals surface area contributed by atoms with Gasteiger partial charge in [-0.3, -0.25) is 23.2 Å². The van der Waals surface area contributed by atoms with Crippen LogP contribution in [-0.4, -0.2) is 115 Å². The smallest absolute Gasteiger partial charge is 0.355 e. The zero-order valence-corrected chi connectivity index (χ0v) is 36.8. The van der Waals surface area contributed by atoms with Gasteiger partial charge in [0.05, 0.1) is 29.5 Å². The molecule has 356 valence electrons. The van der Waals surface area contributed by atoms with E-state index in [1.165, 1.54) is 25.1 Å². The Hall–Kier alpha value is -7.71. The van der Waals surface area contributed by atoms with Gasteiger partial charge in [-0.25, -0.2) is 4.79 Å². The topological polar surface area (TPSA) is 415 Å². The molecule has 0 fully saturated rings. The van der Waals surface area contributed by atoms with Crippen LogP contribution in [0.5, 0.6) is 17.2 Å². The molecule has 0 aliphatic carbocycles. The highest BCUT2D eigenvalue weighted by molar-refractivity contribution is 7.86. The van der Waals surface area contributed by atoms with Crippen molar-refractivity contribution < 1.29 is 83.2 Å². The molecule has 0 bridgehead atoms. The lowest BCUT2D eigenvalue weighted by molar-refractivity contribution is -0.130. The molecule has 6 rings (SSSR count). The average Bonchev–Trinajstić information content (AvgIpc) is 3.60. The lowest BCUT2D eigenvalue weighted by Crippen LogP contribution is -2.33. The number of amides is 2. The number of hydrazone groups is 1. The van der Waals surface area contributed by atoms with Gasteiger partial charge in [0.2, 0.25) is 11.9 Å². The number of benzene rings is 5. The molecule has 0 spiro atoms. The molecule has 1 aliphatic rings. The average molecular weight is 1000 g/mol. The van der Waals surface area contributed by atoms with E-state index in [9.17, 15) is 73.7 Å². The van der Waals surface area contributed by atoms with Crippen LogP contribution in [0, 0.1) is 0 Å². The number of carboxylic acid groups (broad SMARTS) is 1. The van der Waals surface area contributed by atoms with E-state index < -0.39 is 105 Å². The Balaban J connectivity index is 1.36. The van der Waals surface area contributed by atoms with E-state index in [1.54, 1.807) is 0 Å². The molecule has 8 N–H and O–H groups in total. The van der Waals surface area contributed by atoms with Crippen molar-refractivity contribution in [3.05, 3.63) is 78.9 Å². The fraction of sp³-hybridized carbons (Fsp3) is 0.158. The van der Waals surface area contributed by atoms with Crippen molar-refractivity contribution in [1.29, 1.82) is 0 Å². The molecule has 1 atom stereocenters. The normalized spacial score (nSPS) is 14.6. The first kappa shape index (κ1) is 49.7. The fourth-order valence-corrected chi connectivity index (χ4v) is 7.79. The van der Waals surface area contributed by atoms with Gasteiger partial charge >= 0.3 is 5.97 Å². The number of carboxylic acids is 1. The standard InChI is InChI=1S/C38H33N9O18S3/c1-19(50)39-21-3-9-26(31(16-21)67(58,59)60)41-42-27-17-30(65-13-11-49)28(18-29(27)64-12-10-48)43-44-33-32(68(61,62)63)15-20-14-22(2-8-25(20)36(33)51)40-45-34-35(38(53)54)46-47(37(34)52)23-4-6-24(7-5-23)66(55,56)57/h2-9,14-18,34,48-49,51H,10-13H2,1H3,(H,39,50)(H,53,54)(H,55,56,57)(H,58,59,60)(H,61,62,63). The number of aliphatic carboxylic acids is 1. The summed E-state index contributed by atoms with van der Waals surface area (Å²) in [4.78, 5) is 34.5. The molecule has 1 unspecified atom stereocenters. The van der Waals surface area contributed by atoms with Gasteiger partial charge in [0.25, 0.3) is 36.3 Å². The van der Waals surface area contributed by atoms with Gasteiger partial charge in [0.15, 0.2) is 11.5 Å². The van der Waals surface area contributed by atoms with Crippen LogP contribution in [-0.2, 0) is 44.7 Å². The van der Waals surface area contributed by atoms with Crippen LogP contribution in [0.4, 0.5) is 39.8 Å². The Morgan fingerprint density at radius 1 is 0.721 bits per heavy atom. The molecule has 0 saturated heterocycles. The molecule has 68 heavy (non-hydrogen) atoms. The zero-order valence-electron chi connectivity index (χ0n) is 34.3. The molecule has 1 aliphatic heterocycles. The zero-order chi connectivity index (χ0) is 49.7. The molecule has 0 aromatic heterocycles. The maximum Gasteiger partial charge on any atom is 0.355 e. The third kappa shape index (κ3) is 11.4. The molecule has 5 aromatic rings. The first-order valence-corrected chi connectivity index (χ1v) is 23.1. The van der Waals surface area contributed by atoms with Crippen molar-refractivity contribution in [2.45, 2.75) is 27.7 Å². The predicted octanol–water partition coefficient (Wildman–Crippen LogP) is 4.76. The summed E-state index contributed by atoms with van der Waals surface area (Å²) in [5.41, 5.74) is -2.72. The summed E-state index contributed by atoms with van der Waals surface area (Å²) in [7, 11) is -14.8. The second kappa shape index (κ2) is 20.0. The Kier molecular flexibility index (Phi) is 14.6. The van der Waals surface area contributed by atoms with E-state index >= 15 is 0 Å². The summed E-state index contributed by atoms with van der Waals surface area (Å²) in [5.74, 6) is -4.56. The number of carbonyl (C=O) groups is 3. The van der Waals surface area contributed by atoms with E-state index in [2.05, 4.69) is 41.1 Å². The highest BCUT2D eigenvalue weighted by Crippen LogP contribution is 2.45. The molecule has 2 amide bonds. The number of azo groups is 3. The van der Waals surface area contributed by atoms with Gasteiger partial charge in [-0.1, -0.05) is 0 Å². The van der Waals surface area contributed by atoms with Crippen molar-refractivity contribution in [3.8, 4) is 17.2 Å². The van der Waals surface area contributed by atoms with Crippen LogP contribution in [0.25, 0.3) is 10.8 Å². The molecule has 5 aromatic carbocycles. The number of anilines is 2.